The number of nitrogens with one attached hydrogen (secondary N) is 2. The van der Waals surface area contributed by atoms with E-state index in [-0.39, 0.29) is 5.54 Å². The van der Waals surface area contributed by atoms with E-state index in [2.05, 4.69) is 24.5 Å². The van der Waals surface area contributed by atoms with Crippen molar-refractivity contribution in [2.24, 2.45) is 11.5 Å². The van der Waals surface area contributed by atoms with Gasteiger partial charge in [0.25, 0.3) is 0 Å². The molecule has 2 atom stereocenters. The molecule has 0 aromatic carbocycles. The van der Waals surface area contributed by atoms with Gasteiger partial charge in [-0.15, -0.1) is 0 Å². The monoisotopic (exact) mass is 300 g/mol. The molecular weight excluding hydrogens is 260 g/mol. The fourth-order valence-corrected chi connectivity index (χ4v) is 2.65. The van der Waals surface area contributed by atoms with Crippen molar-refractivity contribution in [2.45, 2.75) is 89.3 Å². The van der Waals surface area contributed by atoms with Crippen LogP contribution in [0.25, 0.3) is 0 Å². The summed E-state index contributed by atoms with van der Waals surface area (Å²) in [4.78, 5) is 0. The van der Waals surface area contributed by atoms with Gasteiger partial charge in [0.15, 0.2) is 0 Å². The molecule has 0 aromatic heterocycles. The van der Waals surface area contributed by atoms with E-state index in [1.807, 2.05) is 14.1 Å². The second-order valence-electron chi connectivity index (χ2n) is 6.77. The molecule has 0 fully saturated rings. The average Bonchev–Trinajstić information content (AvgIpc) is 2.50. The molecule has 0 aliphatic heterocycles. The quantitative estimate of drug-likeness (QED) is 0.372. The summed E-state index contributed by atoms with van der Waals surface area (Å²) < 4.78 is 0. The number of nitrogens with two attached hydrogens (primary N) is 2. The van der Waals surface area contributed by atoms with Gasteiger partial charge in [-0.3, -0.25) is 0 Å². The van der Waals surface area contributed by atoms with E-state index < -0.39 is 0 Å². The van der Waals surface area contributed by atoms with Crippen molar-refractivity contribution < 1.29 is 0 Å². The Morgan fingerprint density at radius 1 is 0.810 bits per heavy atom. The minimum absolute atomic E-state index is 0.00106. The Bertz CT molecular complexity index is 219. The van der Waals surface area contributed by atoms with Crippen molar-refractivity contribution in [3.8, 4) is 0 Å². The van der Waals surface area contributed by atoms with Crippen LogP contribution in [0.4, 0.5) is 0 Å². The molecule has 128 valence electrons. The van der Waals surface area contributed by atoms with Gasteiger partial charge in [-0.25, -0.2) is 0 Å². The molecule has 4 nitrogen and oxygen atoms in total. The van der Waals surface area contributed by atoms with Gasteiger partial charge in [0, 0.05) is 17.6 Å². The van der Waals surface area contributed by atoms with Gasteiger partial charge in [0.2, 0.25) is 0 Å². The lowest BCUT2D eigenvalue weighted by Gasteiger charge is -2.32. The van der Waals surface area contributed by atoms with Crippen molar-refractivity contribution in [1.29, 1.82) is 0 Å². The molecule has 0 aliphatic carbocycles. The van der Waals surface area contributed by atoms with E-state index >= 15 is 0 Å². The Kier molecular flexibility index (Phi) is 12.3. The van der Waals surface area contributed by atoms with Gasteiger partial charge in [-0.2, -0.15) is 0 Å². The third kappa shape index (κ3) is 11.1. The first kappa shape index (κ1) is 20.8. The van der Waals surface area contributed by atoms with Crippen molar-refractivity contribution in [3.05, 3.63) is 0 Å². The summed E-state index contributed by atoms with van der Waals surface area (Å²) in [5, 5.41) is 6.63. The lowest BCUT2D eigenvalue weighted by molar-refractivity contribution is 0.288. The molecule has 6 N–H and O–H groups in total. The molecule has 0 heterocycles. The second-order valence-corrected chi connectivity index (χ2v) is 6.77. The molecule has 0 rings (SSSR count). The number of unbranched alkanes of at least 4 members (excludes halogenated alkanes) is 3. The van der Waals surface area contributed by atoms with Crippen molar-refractivity contribution in [2.75, 3.05) is 20.6 Å². The predicted molar refractivity (Wildman–Crippen MR) is 94.6 cm³/mol. The van der Waals surface area contributed by atoms with Gasteiger partial charge in [0.1, 0.15) is 0 Å². The summed E-state index contributed by atoms with van der Waals surface area (Å²) >= 11 is 0. The van der Waals surface area contributed by atoms with Crippen LogP contribution in [0.3, 0.4) is 0 Å². The maximum absolute atomic E-state index is 6.74. The number of rotatable bonds is 14. The molecule has 0 saturated heterocycles. The van der Waals surface area contributed by atoms with E-state index in [0.29, 0.717) is 12.1 Å². The van der Waals surface area contributed by atoms with E-state index in [1.54, 1.807) is 0 Å². The highest BCUT2D eigenvalue weighted by molar-refractivity contribution is 4.86. The fraction of sp³-hybridized carbons (Fsp3) is 1.00. The lowest BCUT2D eigenvalue weighted by atomic mass is 9.82. The molecular formula is C17H40N4. The van der Waals surface area contributed by atoms with Crippen LogP contribution >= 0.6 is 0 Å². The van der Waals surface area contributed by atoms with Crippen molar-refractivity contribution in [1.82, 2.24) is 10.6 Å². The summed E-state index contributed by atoms with van der Waals surface area (Å²) in [6.45, 7) is 5.28. The van der Waals surface area contributed by atoms with Crippen LogP contribution < -0.4 is 22.1 Å². The van der Waals surface area contributed by atoms with E-state index in [4.69, 9.17) is 11.5 Å². The normalized spacial score (nSPS) is 17.4. The van der Waals surface area contributed by atoms with E-state index in [1.165, 1.54) is 19.3 Å². The van der Waals surface area contributed by atoms with E-state index in [0.717, 1.165) is 45.1 Å². The molecule has 0 spiro atoms. The van der Waals surface area contributed by atoms with Crippen LogP contribution in [0.1, 0.15) is 71.6 Å². The highest BCUT2D eigenvalue weighted by Crippen LogP contribution is 2.25. The fourth-order valence-electron chi connectivity index (χ4n) is 2.65. The molecule has 2 unspecified atom stereocenters. The maximum Gasteiger partial charge on any atom is 0.0155 e. The zero-order valence-corrected chi connectivity index (χ0v) is 14.9. The Morgan fingerprint density at radius 3 is 1.71 bits per heavy atom. The standard InChI is InChI=1S/C17H40N4/c1-15(20-3)9-12-17(19,13-10-16(2)21-4)11-7-5-6-8-14-18/h15-16,20-21H,5-14,18-19H2,1-4H3. The molecule has 0 aromatic rings. The smallest absolute Gasteiger partial charge is 0.0155 e. The van der Waals surface area contributed by atoms with Crippen molar-refractivity contribution in [3.63, 3.8) is 0 Å². The molecule has 4 heteroatoms. The van der Waals surface area contributed by atoms with Gasteiger partial charge in [-0.05, 0) is 73.0 Å². The predicted octanol–water partition coefficient (Wildman–Crippen LogP) is 2.37. The molecule has 21 heavy (non-hydrogen) atoms. The Labute approximate surface area is 132 Å². The van der Waals surface area contributed by atoms with Crippen LogP contribution in [0, 0.1) is 0 Å². The Hall–Kier alpha value is -0.160. The third-order valence-electron chi connectivity index (χ3n) is 4.76. The summed E-state index contributed by atoms with van der Waals surface area (Å²) in [7, 11) is 4.05. The maximum atomic E-state index is 6.74. The molecule has 0 bridgehead atoms. The summed E-state index contributed by atoms with van der Waals surface area (Å²) in [5.41, 5.74) is 12.3. The zero-order valence-electron chi connectivity index (χ0n) is 14.9. The molecule has 0 amide bonds. The molecule has 0 radical (unpaired) electrons. The van der Waals surface area contributed by atoms with Crippen LogP contribution in [0.5, 0.6) is 0 Å². The van der Waals surface area contributed by atoms with Gasteiger partial charge in [-0.1, -0.05) is 19.3 Å². The number of hydrogen-bond donors (Lipinski definition) is 4. The van der Waals surface area contributed by atoms with Crippen LogP contribution in [0.15, 0.2) is 0 Å². The van der Waals surface area contributed by atoms with Crippen molar-refractivity contribution >= 4 is 0 Å². The first-order chi connectivity index (χ1) is 9.97. The summed E-state index contributed by atoms with van der Waals surface area (Å²) in [6, 6.07) is 1.10. The van der Waals surface area contributed by atoms with Gasteiger partial charge >= 0.3 is 0 Å². The van der Waals surface area contributed by atoms with Crippen LogP contribution in [0.2, 0.25) is 0 Å². The van der Waals surface area contributed by atoms with Gasteiger partial charge < -0.3 is 22.1 Å². The summed E-state index contributed by atoms with van der Waals surface area (Å²) in [5.74, 6) is 0. The van der Waals surface area contributed by atoms with Crippen LogP contribution in [-0.4, -0.2) is 38.3 Å². The largest absolute Gasteiger partial charge is 0.330 e. The average molecular weight is 301 g/mol. The second kappa shape index (κ2) is 12.4. The van der Waals surface area contributed by atoms with Gasteiger partial charge in [0.05, 0.1) is 0 Å². The molecule has 0 aliphatic rings. The minimum Gasteiger partial charge on any atom is -0.330 e. The molecule has 0 saturated carbocycles. The highest BCUT2D eigenvalue weighted by atomic mass is 14.9. The SMILES string of the molecule is CNC(C)CCC(N)(CCCCCCN)CCC(C)NC. The van der Waals surface area contributed by atoms with E-state index in [9.17, 15) is 0 Å². The van der Waals surface area contributed by atoms with Crippen LogP contribution in [-0.2, 0) is 0 Å². The Morgan fingerprint density at radius 2 is 1.29 bits per heavy atom. The Balaban J connectivity index is 4.23. The first-order valence-electron chi connectivity index (χ1n) is 8.81. The highest BCUT2D eigenvalue weighted by Gasteiger charge is 2.25. The first-order valence-corrected chi connectivity index (χ1v) is 8.81. The summed E-state index contributed by atoms with van der Waals surface area (Å²) in [6.07, 6.45) is 10.6. The third-order valence-corrected chi connectivity index (χ3v) is 4.76. The number of hydrogen-bond acceptors (Lipinski definition) is 4. The zero-order chi connectivity index (χ0) is 16.1. The lowest BCUT2D eigenvalue weighted by Crippen LogP contribution is -2.42. The minimum atomic E-state index is -0.00106. The topological polar surface area (TPSA) is 76.1 Å².